The third-order valence-corrected chi connectivity index (χ3v) is 5.61. The Morgan fingerprint density at radius 3 is 2.71 bits per heavy atom. The van der Waals surface area contributed by atoms with Crippen molar-refractivity contribution in [3.05, 3.63) is 106 Å². The summed E-state index contributed by atoms with van der Waals surface area (Å²) in [7, 11) is 0. The maximum atomic E-state index is 13.6. The van der Waals surface area contributed by atoms with Crippen LogP contribution in [-0.4, -0.2) is 22.7 Å². The Morgan fingerprint density at radius 2 is 1.85 bits per heavy atom. The van der Waals surface area contributed by atoms with E-state index in [1.54, 1.807) is 18.2 Å². The lowest BCUT2D eigenvalue weighted by molar-refractivity contribution is -0.143. The summed E-state index contributed by atoms with van der Waals surface area (Å²) in [5, 5.41) is 9.67. The van der Waals surface area contributed by atoms with Crippen molar-refractivity contribution < 1.29 is 28.2 Å². The van der Waals surface area contributed by atoms with Gasteiger partial charge in [-0.05, 0) is 47.0 Å². The molecule has 0 saturated heterocycles. The molecule has 2 heterocycles. The largest absolute Gasteiger partial charge is 0.488 e. The van der Waals surface area contributed by atoms with Crippen LogP contribution in [-0.2, 0) is 16.1 Å². The highest BCUT2D eigenvalue weighted by Gasteiger charge is 2.26. The summed E-state index contributed by atoms with van der Waals surface area (Å²) in [6, 6.07) is 18.8. The van der Waals surface area contributed by atoms with Crippen LogP contribution in [0.1, 0.15) is 34.1 Å². The Hall–Kier alpha value is -4.10. The van der Waals surface area contributed by atoms with Gasteiger partial charge in [0.2, 0.25) is 0 Å². The number of fused-ring (bicyclic) bond motifs is 3. The fourth-order valence-electron chi connectivity index (χ4n) is 3.99. The van der Waals surface area contributed by atoms with E-state index in [4.69, 9.17) is 14.6 Å². The molecule has 7 heteroatoms. The van der Waals surface area contributed by atoms with E-state index in [1.165, 1.54) is 0 Å². The zero-order chi connectivity index (χ0) is 23.7. The molecule has 170 valence electrons. The summed E-state index contributed by atoms with van der Waals surface area (Å²) < 4.78 is 38.8. The van der Waals surface area contributed by atoms with Crippen molar-refractivity contribution >= 4 is 29.0 Å². The van der Waals surface area contributed by atoms with Crippen molar-refractivity contribution in [1.29, 1.82) is 0 Å². The number of halogens is 2. The van der Waals surface area contributed by atoms with Gasteiger partial charge in [-0.25, -0.2) is 18.6 Å². The first-order valence-corrected chi connectivity index (χ1v) is 10.6. The first-order valence-electron chi connectivity index (χ1n) is 10.6. The maximum absolute atomic E-state index is 13.6. The molecule has 3 aromatic carbocycles. The monoisotopic (exact) mass is 459 g/mol. The average Bonchev–Trinajstić information content (AvgIpc) is 2.98. The minimum Gasteiger partial charge on any atom is -0.488 e. The second-order valence-corrected chi connectivity index (χ2v) is 7.90. The summed E-state index contributed by atoms with van der Waals surface area (Å²) in [6.07, 6.45) is 3.00. The number of hydrogen-bond acceptors (Lipinski definition) is 4. The van der Waals surface area contributed by atoms with E-state index >= 15 is 0 Å². The van der Waals surface area contributed by atoms with Crippen molar-refractivity contribution in [2.24, 2.45) is 0 Å². The van der Waals surface area contributed by atoms with E-state index in [0.29, 0.717) is 29.0 Å². The number of aliphatic carboxylic acids is 1. The van der Waals surface area contributed by atoms with E-state index in [2.05, 4.69) is 4.98 Å². The number of carbonyl (C=O) groups is 1. The normalized spacial score (nSPS) is 14.9. The molecule has 1 N–H and O–H groups in total. The van der Waals surface area contributed by atoms with Gasteiger partial charge in [0.1, 0.15) is 25.1 Å². The number of carboxylic acid groups (broad SMARTS) is 1. The second-order valence-electron chi connectivity index (χ2n) is 7.90. The Kier molecular flexibility index (Phi) is 5.77. The van der Waals surface area contributed by atoms with Crippen LogP contribution in [0.4, 0.5) is 8.78 Å². The van der Waals surface area contributed by atoms with Crippen molar-refractivity contribution in [3.8, 4) is 5.75 Å². The molecule has 1 unspecified atom stereocenters. The van der Waals surface area contributed by atoms with Gasteiger partial charge in [-0.1, -0.05) is 42.5 Å². The van der Waals surface area contributed by atoms with Gasteiger partial charge in [0.25, 0.3) is 0 Å². The topological polar surface area (TPSA) is 68.7 Å². The van der Waals surface area contributed by atoms with Crippen LogP contribution < -0.4 is 4.74 Å². The highest BCUT2D eigenvalue weighted by molar-refractivity contribution is 5.81. The fraction of sp³-hybridized carbons (Fsp3) is 0.111. The Labute approximate surface area is 193 Å². The summed E-state index contributed by atoms with van der Waals surface area (Å²) in [5.74, 6) is -2.30. The molecule has 0 saturated carbocycles. The van der Waals surface area contributed by atoms with Crippen LogP contribution >= 0.6 is 0 Å². The number of ether oxygens (including phenoxy) is 2. The Morgan fingerprint density at radius 1 is 1.03 bits per heavy atom. The van der Waals surface area contributed by atoms with Crippen LogP contribution in [0, 0.1) is 11.6 Å². The van der Waals surface area contributed by atoms with Gasteiger partial charge in [-0.2, -0.15) is 0 Å². The lowest BCUT2D eigenvalue weighted by atomic mass is 9.96. The summed E-state index contributed by atoms with van der Waals surface area (Å²) in [6.45, 7) is -0.0971. The van der Waals surface area contributed by atoms with Gasteiger partial charge in [-0.3, -0.25) is 0 Å². The fourth-order valence-corrected chi connectivity index (χ4v) is 3.99. The first-order chi connectivity index (χ1) is 16.5. The molecule has 0 aliphatic carbocycles. The highest BCUT2D eigenvalue weighted by Crippen LogP contribution is 2.39. The zero-order valence-corrected chi connectivity index (χ0v) is 17.9. The standard InChI is InChI=1S/C27H19F2NO4/c28-22-12-17-7-9-19(30-24(17)13-23(22)29)8-5-16-6-10-25-21(11-16)27(34-15-26(31)32)20-4-2-1-3-18(20)14-33-25/h1-13,27H,14-15H2,(H,31,32). The summed E-state index contributed by atoms with van der Waals surface area (Å²) in [4.78, 5) is 15.6. The lowest BCUT2D eigenvalue weighted by Crippen LogP contribution is -2.14. The molecule has 1 aromatic heterocycles. The number of rotatable bonds is 5. The summed E-state index contributed by atoms with van der Waals surface area (Å²) >= 11 is 0. The van der Waals surface area contributed by atoms with Crippen LogP contribution in [0.25, 0.3) is 23.1 Å². The molecule has 0 radical (unpaired) electrons. The van der Waals surface area contributed by atoms with Crippen LogP contribution in [0.2, 0.25) is 0 Å². The molecule has 5 nitrogen and oxygen atoms in total. The van der Waals surface area contributed by atoms with Crippen LogP contribution in [0.15, 0.2) is 66.7 Å². The van der Waals surface area contributed by atoms with Crippen molar-refractivity contribution in [2.45, 2.75) is 12.7 Å². The average molecular weight is 459 g/mol. The van der Waals surface area contributed by atoms with E-state index in [1.807, 2.05) is 48.5 Å². The molecule has 4 aromatic rings. The number of nitrogens with zero attached hydrogens (tertiary/aromatic N) is 1. The minimum absolute atomic E-state index is 0.351. The predicted octanol–water partition coefficient (Wildman–Crippen LogP) is 5.77. The van der Waals surface area contributed by atoms with Crippen LogP contribution in [0.3, 0.4) is 0 Å². The van der Waals surface area contributed by atoms with Gasteiger partial charge < -0.3 is 14.6 Å². The van der Waals surface area contributed by atoms with Gasteiger partial charge >= 0.3 is 5.97 Å². The molecule has 1 aliphatic rings. The maximum Gasteiger partial charge on any atom is 0.329 e. The van der Waals surface area contributed by atoms with Gasteiger partial charge in [0.15, 0.2) is 11.6 Å². The van der Waals surface area contributed by atoms with Crippen molar-refractivity contribution in [2.75, 3.05) is 6.61 Å². The van der Waals surface area contributed by atoms with E-state index in [9.17, 15) is 13.6 Å². The highest BCUT2D eigenvalue weighted by atomic mass is 19.2. The van der Waals surface area contributed by atoms with E-state index in [0.717, 1.165) is 34.4 Å². The molecule has 5 rings (SSSR count). The Bertz CT molecular complexity index is 1430. The third kappa shape index (κ3) is 4.38. The molecule has 0 amide bonds. The van der Waals surface area contributed by atoms with E-state index in [-0.39, 0.29) is 0 Å². The SMILES string of the molecule is O=C(O)COC1c2ccccc2COc2ccc(C=Cc3ccc4cc(F)c(F)cc4n3)cc21. The minimum atomic E-state index is -1.06. The lowest BCUT2D eigenvalue weighted by Gasteiger charge is -2.19. The smallest absolute Gasteiger partial charge is 0.329 e. The Balaban J connectivity index is 1.49. The van der Waals surface area contributed by atoms with Gasteiger partial charge in [0.05, 0.1) is 11.2 Å². The summed E-state index contributed by atoms with van der Waals surface area (Å²) in [5.41, 5.74) is 4.25. The van der Waals surface area contributed by atoms with E-state index < -0.39 is 30.3 Å². The predicted molar refractivity (Wildman–Crippen MR) is 123 cm³/mol. The number of benzene rings is 3. The molecule has 1 aliphatic heterocycles. The number of hydrogen-bond donors (Lipinski definition) is 1. The van der Waals surface area contributed by atoms with Crippen molar-refractivity contribution in [1.82, 2.24) is 4.98 Å². The van der Waals surface area contributed by atoms with Gasteiger partial charge in [-0.15, -0.1) is 0 Å². The molecule has 1 atom stereocenters. The number of pyridine rings is 1. The number of carboxylic acids is 1. The van der Waals surface area contributed by atoms with Crippen LogP contribution in [0.5, 0.6) is 5.75 Å². The molecule has 0 bridgehead atoms. The zero-order valence-electron chi connectivity index (χ0n) is 17.9. The molecular formula is C27H19F2NO4. The molecule has 0 fully saturated rings. The molecule has 0 spiro atoms. The third-order valence-electron chi connectivity index (χ3n) is 5.61. The quantitative estimate of drug-likeness (QED) is 0.411. The van der Waals surface area contributed by atoms with Crippen molar-refractivity contribution in [3.63, 3.8) is 0 Å². The molecule has 34 heavy (non-hydrogen) atoms. The first kappa shape index (κ1) is 21.7. The number of aromatic nitrogens is 1. The van der Waals surface area contributed by atoms with Gasteiger partial charge in [0, 0.05) is 17.0 Å². The molecular weight excluding hydrogens is 440 g/mol. The second kappa shape index (κ2) is 9.03.